The van der Waals surface area contributed by atoms with E-state index in [1.807, 2.05) is 0 Å². The van der Waals surface area contributed by atoms with Gasteiger partial charge in [0.2, 0.25) is 5.95 Å². The number of carbonyl (C=O) groups excluding carboxylic acids is 1. The van der Waals surface area contributed by atoms with Crippen molar-refractivity contribution in [2.24, 2.45) is 0 Å². The Labute approximate surface area is 120 Å². The molecule has 1 aromatic carbocycles. The molecule has 6 heteroatoms. The molecular formula is C15H13FN2O3. The molecule has 0 fully saturated rings. The number of benzene rings is 1. The lowest BCUT2D eigenvalue weighted by Gasteiger charge is -2.26. The first-order chi connectivity index (χ1) is 9.93. The lowest BCUT2D eigenvalue weighted by atomic mass is 9.91. The van der Waals surface area contributed by atoms with Crippen LogP contribution in [0, 0.1) is 5.95 Å². The summed E-state index contributed by atoms with van der Waals surface area (Å²) in [5.41, 5.74) is -1.08. The van der Waals surface area contributed by atoms with Gasteiger partial charge in [0.25, 0.3) is 5.91 Å². The summed E-state index contributed by atoms with van der Waals surface area (Å²) >= 11 is 0. The number of carboxylic acids is 1. The Hall–Kier alpha value is -2.76. The van der Waals surface area contributed by atoms with Gasteiger partial charge in [0.15, 0.2) is 5.54 Å². The fraction of sp³-hybridized carbons (Fsp3) is 0.133. The molecule has 0 aliphatic rings. The van der Waals surface area contributed by atoms with E-state index in [-0.39, 0.29) is 5.56 Å². The molecule has 0 aliphatic heterocycles. The number of hydrogen-bond acceptors (Lipinski definition) is 3. The molecule has 1 aromatic heterocycles. The smallest absolute Gasteiger partial charge is 0.333 e. The Morgan fingerprint density at radius 3 is 2.38 bits per heavy atom. The third kappa shape index (κ3) is 3.05. The zero-order valence-electron chi connectivity index (χ0n) is 11.2. The van der Waals surface area contributed by atoms with E-state index in [1.165, 1.54) is 13.0 Å². The fourth-order valence-corrected chi connectivity index (χ4v) is 1.83. The highest BCUT2D eigenvalue weighted by molar-refractivity contribution is 5.97. The Morgan fingerprint density at radius 2 is 1.86 bits per heavy atom. The second-order valence-corrected chi connectivity index (χ2v) is 4.62. The van der Waals surface area contributed by atoms with Gasteiger partial charge in [-0.15, -0.1) is 0 Å². The largest absolute Gasteiger partial charge is 0.479 e. The second-order valence-electron chi connectivity index (χ2n) is 4.62. The number of rotatable bonds is 4. The van der Waals surface area contributed by atoms with Crippen LogP contribution in [0.2, 0.25) is 0 Å². The van der Waals surface area contributed by atoms with Crippen LogP contribution >= 0.6 is 0 Å². The van der Waals surface area contributed by atoms with Gasteiger partial charge in [-0.05, 0) is 24.6 Å². The van der Waals surface area contributed by atoms with Crippen LogP contribution in [0.1, 0.15) is 22.8 Å². The maximum atomic E-state index is 12.7. The van der Waals surface area contributed by atoms with Gasteiger partial charge >= 0.3 is 5.97 Å². The number of nitrogens with one attached hydrogen (secondary N) is 1. The summed E-state index contributed by atoms with van der Waals surface area (Å²) in [5.74, 6) is -2.55. The van der Waals surface area contributed by atoms with E-state index in [0.29, 0.717) is 5.56 Å². The van der Waals surface area contributed by atoms with Gasteiger partial charge in [-0.2, -0.15) is 4.39 Å². The first-order valence-electron chi connectivity index (χ1n) is 6.16. The summed E-state index contributed by atoms with van der Waals surface area (Å²) in [7, 11) is 0. The third-order valence-corrected chi connectivity index (χ3v) is 3.13. The molecule has 0 saturated heterocycles. The average molecular weight is 288 g/mol. The van der Waals surface area contributed by atoms with Gasteiger partial charge in [0.1, 0.15) is 0 Å². The van der Waals surface area contributed by atoms with Crippen molar-refractivity contribution in [1.29, 1.82) is 0 Å². The molecule has 1 unspecified atom stereocenters. The molecule has 0 radical (unpaired) electrons. The second kappa shape index (κ2) is 5.70. The van der Waals surface area contributed by atoms with Crippen LogP contribution in [0.4, 0.5) is 4.39 Å². The maximum absolute atomic E-state index is 12.7. The van der Waals surface area contributed by atoms with Crippen molar-refractivity contribution in [1.82, 2.24) is 10.3 Å². The van der Waals surface area contributed by atoms with Gasteiger partial charge in [-0.3, -0.25) is 4.79 Å². The van der Waals surface area contributed by atoms with E-state index in [1.54, 1.807) is 30.3 Å². The zero-order chi connectivity index (χ0) is 15.5. The van der Waals surface area contributed by atoms with Crippen molar-refractivity contribution in [2.45, 2.75) is 12.5 Å². The van der Waals surface area contributed by atoms with Gasteiger partial charge < -0.3 is 10.4 Å². The van der Waals surface area contributed by atoms with Crippen LogP contribution in [0.3, 0.4) is 0 Å². The number of carboxylic acid groups (broad SMARTS) is 1. The summed E-state index contributed by atoms with van der Waals surface area (Å²) in [6.45, 7) is 1.39. The molecule has 0 bridgehead atoms. The van der Waals surface area contributed by atoms with Crippen molar-refractivity contribution < 1.29 is 19.1 Å². The molecule has 2 rings (SSSR count). The molecule has 0 aliphatic carbocycles. The number of amides is 1. The molecular weight excluding hydrogens is 275 g/mol. The molecule has 5 nitrogen and oxygen atoms in total. The minimum Gasteiger partial charge on any atom is -0.479 e. The Kier molecular flexibility index (Phi) is 3.98. The summed E-state index contributed by atoms with van der Waals surface area (Å²) in [4.78, 5) is 27.0. The molecule has 1 heterocycles. The predicted molar refractivity (Wildman–Crippen MR) is 73.1 cm³/mol. The lowest BCUT2D eigenvalue weighted by molar-refractivity contribution is -0.144. The highest BCUT2D eigenvalue weighted by Gasteiger charge is 2.37. The highest BCUT2D eigenvalue weighted by Crippen LogP contribution is 2.21. The van der Waals surface area contributed by atoms with Crippen LogP contribution in [0.15, 0.2) is 48.7 Å². The molecule has 2 N–H and O–H groups in total. The summed E-state index contributed by atoms with van der Waals surface area (Å²) < 4.78 is 12.7. The van der Waals surface area contributed by atoms with Gasteiger partial charge in [0, 0.05) is 6.20 Å². The van der Waals surface area contributed by atoms with Crippen LogP contribution in [-0.4, -0.2) is 22.0 Å². The predicted octanol–water partition coefficient (Wildman–Crippen LogP) is 1.95. The minimum atomic E-state index is -1.59. The number of carbonyl (C=O) groups is 2. The van der Waals surface area contributed by atoms with Gasteiger partial charge in [0.05, 0.1) is 5.56 Å². The van der Waals surface area contributed by atoms with Crippen LogP contribution in [0.5, 0.6) is 0 Å². The van der Waals surface area contributed by atoms with E-state index >= 15 is 0 Å². The van der Waals surface area contributed by atoms with Crippen molar-refractivity contribution in [3.8, 4) is 0 Å². The van der Waals surface area contributed by atoms with Crippen molar-refractivity contribution in [2.75, 3.05) is 0 Å². The monoisotopic (exact) mass is 288 g/mol. The number of pyridine rings is 1. The summed E-state index contributed by atoms with van der Waals surface area (Å²) in [6.07, 6.45) is 1.05. The fourth-order valence-electron chi connectivity index (χ4n) is 1.83. The first-order valence-corrected chi connectivity index (χ1v) is 6.16. The Balaban J connectivity index is 2.31. The van der Waals surface area contributed by atoms with Crippen LogP contribution in [-0.2, 0) is 10.3 Å². The molecule has 1 amide bonds. The normalized spacial score (nSPS) is 13.2. The van der Waals surface area contributed by atoms with Gasteiger partial charge in [-0.25, -0.2) is 9.78 Å². The molecule has 21 heavy (non-hydrogen) atoms. The lowest BCUT2D eigenvalue weighted by Crippen LogP contribution is -2.49. The molecule has 2 aromatic rings. The van der Waals surface area contributed by atoms with E-state index in [9.17, 15) is 19.1 Å². The number of nitrogens with zero attached hydrogens (tertiary/aromatic N) is 1. The van der Waals surface area contributed by atoms with Crippen LogP contribution < -0.4 is 5.32 Å². The van der Waals surface area contributed by atoms with Crippen molar-refractivity contribution in [3.05, 3.63) is 65.7 Å². The van der Waals surface area contributed by atoms with Crippen molar-refractivity contribution >= 4 is 11.9 Å². The van der Waals surface area contributed by atoms with Gasteiger partial charge in [-0.1, -0.05) is 30.3 Å². The molecule has 108 valence electrons. The molecule has 0 spiro atoms. The summed E-state index contributed by atoms with van der Waals surface area (Å²) in [5, 5.41) is 11.9. The maximum Gasteiger partial charge on any atom is 0.333 e. The number of aliphatic carboxylic acids is 1. The number of halogens is 1. The van der Waals surface area contributed by atoms with E-state index < -0.39 is 23.4 Å². The van der Waals surface area contributed by atoms with Crippen molar-refractivity contribution in [3.63, 3.8) is 0 Å². The van der Waals surface area contributed by atoms with E-state index in [2.05, 4.69) is 10.3 Å². The Morgan fingerprint density at radius 1 is 1.19 bits per heavy atom. The van der Waals surface area contributed by atoms with E-state index in [0.717, 1.165) is 12.3 Å². The number of aromatic nitrogens is 1. The average Bonchev–Trinajstić information content (AvgIpc) is 2.48. The SMILES string of the molecule is CC(NC(=O)c1ccc(F)nc1)(C(=O)O)c1ccccc1. The Bertz CT molecular complexity index is 658. The summed E-state index contributed by atoms with van der Waals surface area (Å²) in [6, 6.07) is 10.6. The third-order valence-electron chi connectivity index (χ3n) is 3.13. The highest BCUT2D eigenvalue weighted by atomic mass is 19.1. The molecule has 0 saturated carbocycles. The number of hydrogen-bond donors (Lipinski definition) is 2. The topological polar surface area (TPSA) is 79.3 Å². The first kappa shape index (κ1) is 14.6. The molecule has 1 atom stereocenters. The standard InChI is InChI=1S/C15H13FN2O3/c1-15(14(20)21,11-5-3-2-4-6-11)18-13(19)10-7-8-12(16)17-9-10/h2-9H,1H3,(H,18,19)(H,20,21). The van der Waals surface area contributed by atoms with E-state index in [4.69, 9.17) is 0 Å². The zero-order valence-corrected chi connectivity index (χ0v) is 11.2. The minimum absolute atomic E-state index is 0.0832. The van der Waals surface area contributed by atoms with Crippen LogP contribution in [0.25, 0.3) is 0 Å². The quantitative estimate of drug-likeness (QED) is 0.843.